The third-order valence-electron chi connectivity index (χ3n) is 8.50. The number of halogens is 1. The van der Waals surface area contributed by atoms with Gasteiger partial charge in [0.2, 0.25) is 0 Å². The highest BCUT2D eigenvalue weighted by Gasteiger charge is 2.03. The van der Waals surface area contributed by atoms with E-state index in [1.165, 1.54) is 83.5 Å². The summed E-state index contributed by atoms with van der Waals surface area (Å²) in [4.78, 5) is 11.9. The minimum absolute atomic E-state index is 0.131. The van der Waals surface area contributed by atoms with Gasteiger partial charge in [-0.05, 0) is 19.3 Å². The van der Waals surface area contributed by atoms with E-state index in [0.29, 0.717) is 132 Å². The van der Waals surface area contributed by atoms with Gasteiger partial charge in [-0.15, -0.1) is 11.6 Å². The number of alkyl halides is 1. The molecule has 0 saturated heterocycles. The van der Waals surface area contributed by atoms with Gasteiger partial charge in [0.15, 0.2) is 0 Å². The zero-order valence-electron chi connectivity index (χ0n) is 35.1. The fourth-order valence-electron chi connectivity index (χ4n) is 5.31. The van der Waals surface area contributed by atoms with E-state index in [1.807, 2.05) is 0 Å². The smallest absolute Gasteiger partial charge is 0.305 e. The average Bonchev–Trinajstić information content (AvgIpc) is 3.19. The number of ether oxygens (including phenoxy) is 11. The van der Waals surface area contributed by atoms with Crippen molar-refractivity contribution in [1.82, 2.24) is 0 Å². The highest BCUT2D eigenvalue weighted by atomic mass is 35.5. The molecule has 0 unspecified atom stereocenters. The van der Waals surface area contributed by atoms with Crippen molar-refractivity contribution in [2.75, 3.05) is 145 Å². The normalized spacial score (nSPS) is 11.5. The lowest BCUT2D eigenvalue weighted by atomic mass is 10.0. The van der Waals surface area contributed by atoms with Crippen molar-refractivity contribution in [2.24, 2.45) is 0 Å². The molecule has 0 bridgehead atoms. The molecule has 13 heteroatoms. The van der Waals surface area contributed by atoms with E-state index in [1.54, 1.807) is 0 Å². The van der Waals surface area contributed by atoms with Crippen molar-refractivity contribution in [1.29, 1.82) is 0 Å². The molecule has 0 saturated carbocycles. The van der Waals surface area contributed by atoms with Gasteiger partial charge >= 0.3 is 5.97 Å². The second-order valence-corrected chi connectivity index (χ2v) is 13.8. The van der Waals surface area contributed by atoms with Gasteiger partial charge in [-0.2, -0.15) is 0 Å². The van der Waals surface area contributed by atoms with Crippen molar-refractivity contribution in [2.45, 2.75) is 122 Å². The van der Waals surface area contributed by atoms with Crippen LogP contribution in [0.3, 0.4) is 0 Å². The van der Waals surface area contributed by atoms with Gasteiger partial charge in [0.1, 0.15) is 6.61 Å². The maximum Gasteiger partial charge on any atom is 0.305 e. The number of rotatable bonds is 50. The zero-order valence-corrected chi connectivity index (χ0v) is 35.8. The van der Waals surface area contributed by atoms with Crippen LogP contribution in [0, 0.1) is 0 Å². The molecule has 330 valence electrons. The Bertz CT molecular complexity index is 709. The number of carbonyl (C=O) groups excluding carboxylic acids is 1. The molecule has 0 radical (unpaired) electrons. The summed E-state index contributed by atoms with van der Waals surface area (Å²) in [7, 11) is 0. The van der Waals surface area contributed by atoms with Gasteiger partial charge < -0.3 is 52.1 Å². The Labute approximate surface area is 340 Å². The van der Waals surface area contributed by atoms with Crippen LogP contribution in [0.1, 0.15) is 122 Å². The van der Waals surface area contributed by atoms with Crippen molar-refractivity contribution < 1.29 is 56.9 Å². The Hall–Kier alpha value is -0.640. The maximum atomic E-state index is 11.9. The molecule has 0 aromatic carbocycles. The van der Waals surface area contributed by atoms with Crippen LogP contribution >= 0.6 is 11.6 Å². The molecule has 0 aromatic rings. The van der Waals surface area contributed by atoms with Gasteiger partial charge in [-0.25, -0.2) is 0 Å². The van der Waals surface area contributed by atoms with E-state index in [2.05, 4.69) is 6.92 Å². The van der Waals surface area contributed by atoms with E-state index < -0.39 is 0 Å². The van der Waals surface area contributed by atoms with E-state index >= 15 is 0 Å². The minimum atomic E-state index is -0.131. The topological polar surface area (TPSA) is 119 Å². The summed E-state index contributed by atoms with van der Waals surface area (Å²) in [5.74, 6) is 0.612. The predicted molar refractivity (Wildman–Crippen MR) is 219 cm³/mol. The van der Waals surface area contributed by atoms with Crippen LogP contribution in [0.5, 0.6) is 0 Å². The molecule has 0 aliphatic rings. The number of hydrogen-bond acceptors (Lipinski definition) is 12. The number of hydrogen-bond donors (Lipinski definition) is 0. The second-order valence-electron chi connectivity index (χ2n) is 13.4. The largest absolute Gasteiger partial charge is 0.463 e. The van der Waals surface area contributed by atoms with Crippen molar-refractivity contribution >= 4 is 17.6 Å². The summed E-state index contributed by atoms with van der Waals surface area (Å²) >= 11 is 5.66. The van der Waals surface area contributed by atoms with Crippen LogP contribution in [-0.2, 0) is 56.9 Å². The highest BCUT2D eigenvalue weighted by Crippen LogP contribution is 2.13. The van der Waals surface area contributed by atoms with E-state index in [0.717, 1.165) is 38.2 Å². The molecule has 55 heavy (non-hydrogen) atoms. The molecule has 0 amide bonds. The fraction of sp³-hybridized carbons (Fsp3) is 0.976. The molecule has 0 aromatic heterocycles. The van der Waals surface area contributed by atoms with Crippen LogP contribution in [0.15, 0.2) is 0 Å². The Morgan fingerprint density at radius 1 is 0.309 bits per heavy atom. The predicted octanol–water partition coefficient (Wildman–Crippen LogP) is 7.98. The second kappa shape index (κ2) is 51.4. The first-order chi connectivity index (χ1) is 27.3. The fourth-order valence-corrected chi connectivity index (χ4v) is 5.50. The molecular weight excluding hydrogens is 732 g/mol. The van der Waals surface area contributed by atoms with Gasteiger partial charge in [0.05, 0.1) is 126 Å². The van der Waals surface area contributed by atoms with E-state index in [4.69, 9.17) is 63.7 Å². The average molecular weight is 816 g/mol. The maximum absolute atomic E-state index is 11.9. The van der Waals surface area contributed by atoms with E-state index in [9.17, 15) is 4.79 Å². The highest BCUT2D eigenvalue weighted by molar-refractivity contribution is 6.17. The lowest BCUT2D eigenvalue weighted by Crippen LogP contribution is -2.15. The monoisotopic (exact) mass is 815 g/mol. The summed E-state index contributed by atoms with van der Waals surface area (Å²) in [6.45, 7) is 13.0. The summed E-state index contributed by atoms with van der Waals surface area (Å²) in [5.41, 5.74) is 0. The molecule has 0 fully saturated rings. The Morgan fingerprint density at radius 2 is 0.564 bits per heavy atom. The standard InChI is InChI=1S/C42H83ClO12/c1-2-3-4-5-6-7-8-9-10-11-12-13-16-19-42(44)55-41-40-54-39-38-53-37-36-52-35-34-51-33-32-50-31-30-49-29-28-48-27-26-47-25-24-46-23-22-45-21-18-15-14-17-20-43/h2-41H2,1H3. The van der Waals surface area contributed by atoms with Gasteiger partial charge in [-0.3, -0.25) is 4.79 Å². The molecule has 0 heterocycles. The molecule has 0 N–H and O–H groups in total. The number of esters is 1. The lowest BCUT2D eigenvalue weighted by Gasteiger charge is -2.09. The Kier molecular flexibility index (Phi) is 50.8. The van der Waals surface area contributed by atoms with Crippen LogP contribution in [0.2, 0.25) is 0 Å². The van der Waals surface area contributed by atoms with Gasteiger partial charge in [0.25, 0.3) is 0 Å². The quantitative estimate of drug-likeness (QED) is 0.0337. The molecule has 0 atom stereocenters. The lowest BCUT2D eigenvalue weighted by molar-refractivity contribution is -0.145. The zero-order chi connectivity index (χ0) is 39.6. The third kappa shape index (κ3) is 51.3. The SMILES string of the molecule is CCCCCCCCCCCCCCCC(=O)OCCOCCOCCOCCOCCOCCOCCOCCOCCOCCOCCCCCCCl. The Balaban J connectivity index is 3.12. The van der Waals surface area contributed by atoms with Crippen molar-refractivity contribution in [3.8, 4) is 0 Å². The molecule has 0 aliphatic carbocycles. The van der Waals surface area contributed by atoms with Crippen molar-refractivity contribution in [3.63, 3.8) is 0 Å². The molecular formula is C42H83ClO12. The first kappa shape index (κ1) is 54.4. The van der Waals surface area contributed by atoms with Gasteiger partial charge in [-0.1, -0.05) is 96.8 Å². The summed E-state index contributed by atoms with van der Waals surface area (Å²) in [5, 5.41) is 0. The summed E-state index contributed by atoms with van der Waals surface area (Å²) in [6, 6.07) is 0. The third-order valence-corrected chi connectivity index (χ3v) is 8.76. The Morgan fingerprint density at radius 3 is 0.891 bits per heavy atom. The summed E-state index contributed by atoms with van der Waals surface area (Å²) < 4.78 is 60.3. The molecule has 0 rings (SSSR count). The van der Waals surface area contributed by atoms with E-state index in [-0.39, 0.29) is 12.6 Å². The minimum Gasteiger partial charge on any atom is -0.463 e. The first-order valence-corrected chi connectivity index (χ1v) is 22.3. The number of carbonyl (C=O) groups is 1. The van der Waals surface area contributed by atoms with Crippen LogP contribution in [-0.4, -0.2) is 151 Å². The molecule has 0 aliphatic heterocycles. The van der Waals surface area contributed by atoms with Crippen LogP contribution in [0.25, 0.3) is 0 Å². The summed E-state index contributed by atoms with van der Waals surface area (Å²) in [6.07, 6.45) is 21.8. The number of unbranched alkanes of at least 4 members (excludes halogenated alkanes) is 15. The molecule has 0 spiro atoms. The van der Waals surface area contributed by atoms with Crippen LogP contribution in [0.4, 0.5) is 0 Å². The van der Waals surface area contributed by atoms with Crippen LogP contribution < -0.4 is 0 Å². The van der Waals surface area contributed by atoms with Gasteiger partial charge in [0, 0.05) is 18.9 Å². The first-order valence-electron chi connectivity index (χ1n) is 21.8. The van der Waals surface area contributed by atoms with Crippen molar-refractivity contribution in [3.05, 3.63) is 0 Å². The molecule has 12 nitrogen and oxygen atoms in total.